The largest absolute Gasteiger partial charge is 0.347 e. The lowest BCUT2D eigenvalue weighted by Crippen LogP contribution is -2.27. The van der Waals surface area contributed by atoms with Gasteiger partial charge in [0.25, 0.3) is 5.91 Å². The molecule has 2 aromatic rings. The summed E-state index contributed by atoms with van der Waals surface area (Å²) >= 11 is 9.15. The van der Waals surface area contributed by atoms with Gasteiger partial charge in [0.15, 0.2) is 0 Å². The summed E-state index contributed by atoms with van der Waals surface area (Å²) in [6, 6.07) is 4.86. The highest BCUT2D eigenvalue weighted by atomic mass is 79.9. The summed E-state index contributed by atoms with van der Waals surface area (Å²) in [5, 5.41) is 3.43. The molecule has 4 nitrogen and oxygen atoms in total. The Morgan fingerprint density at radius 1 is 1.56 bits per heavy atom. The minimum atomic E-state index is -0.185. The lowest BCUT2D eigenvalue weighted by atomic mass is 10.2. The number of H-pyrrole nitrogens is 1. The van der Waals surface area contributed by atoms with Crippen molar-refractivity contribution >= 4 is 33.4 Å². The molecule has 94 valence electrons. The van der Waals surface area contributed by atoms with Gasteiger partial charge in [-0.25, -0.2) is 4.98 Å². The van der Waals surface area contributed by atoms with Gasteiger partial charge in [-0.05, 0) is 41.1 Å². The van der Waals surface area contributed by atoms with Crippen molar-refractivity contribution in [1.82, 2.24) is 15.3 Å². The predicted octanol–water partition coefficient (Wildman–Crippen LogP) is 3.32. The number of hydrogen-bond donors (Lipinski definition) is 2. The molecule has 0 bridgehead atoms. The maximum atomic E-state index is 12.1. The number of aromatic amines is 1. The van der Waals surface area contributed by atoms with Crippen molar-refractivity contribution in [2.45, 2.75) is 13.0 Å². The van der Waals surface area contributed by atoms with Crippen molar-refractivity contribution in [1.29, 1.82) is 0 Å². The topological polar surface area (TPSA) is 57.8 Å². The van der Waals surface area contributed by atoms with Gasteiger partial charge in [0.2, 0.25) is 0 Å². The van der Waals surface area contributed by atoms with Gasteiger partial charge in [0, 0.05) is 21.9 Å². The van der Waals surface area contributed by atoms with Crippen molar-refractivity contribution in [2.75, 3.05) is 0 Å². The maximum Gasteiger partial charge on any atom is 0.253 e. The van der Waals surface area contributed by atoms with E-state index in [-0.39, 0.29) is 11.9 Å². The number of imidazole rings is 1. The van der Waals surface area contributed by atoms with E-state index < -0.39 is 0 Å². The number of halogens is 2. The molecule has 0 radical (unpaired) electrons. The quantitative estimate of drug-likeness (QED) is 0.908. The SMILES string of the molecule is CC(NC(=O)c1ccc(Cl)cc1Br)c1ncc[nH]1. The Bertz CT molecular complexity index is 556. The highest BCUT2D eigenvalue weighted by Crippen LogP contribution is 2.22. The van der Waals surface area contributed by atoms with Crippen molar-refractivity contribution in [2.24, 2.45) is 0 Å². The van der Waals surface area contributed by atoms with Crippen LogP contribution in [0, 0.1) is 0 Å². The minimum absolute atomic E-state index is 0.178. The van der Waals surface area contributed by atoms with E-state index in [1.807, 2.05) is 6.92 Å². The van der Waals surface area contributed by atoms with Gasteiger partial charge in [0.1, 0.15) is 5.82 Å². The van der Waals surface area contributed by atoms with E-state index in [9.17, 15) is 4.79 Å². The van der Waals surface area contributed by atoms with Crippen LogP contribution in [0.15, 0.2) is 35.1 Å². The van der Waals surface area contributed by atoms with E-state index in [1.54, 1.807) is 30.6 Å². The normalized spacial score (nSPS) is 12.2. The van der Waals surface area contributed by atoms with E-state index in [2.05, 4.69) is 31.2 Å². The third-order valence-corrected chi connectivity index (χ3v) is 3.34. The Morgan fingerprint density at radius 3 is 2.94 bits per heavy atom. The number of amides is 1. The molecular weight excluding hydrogens is 318 g/mol. The molecule has 0 fully saturated rings. The Labute approximate surface area is 118 Å². The van der Waals surface area contributed by atoms with Crippen LogP contribution in [-0.2, 0) is 0 Å². The lowest BCUT2D eigenvalue weighted by Gasteiger charge is -2.12. The molecule has 1 aromatic heterocycles. The fraction of sp³-hybridized carbons (Fsp3) is 0.167. The zero-order valence-electron chi connectivity index (χ0n) is 9.58. The molecule has 0 aliphatic carbocycles. The fourth-order valence-corrected chi connectivity index (χ4v) is 2.39. The minimum Gasteiger partial charge on any atom is -0.347 e. The van der Waals surface area contributed by atoms with Crippen molar-refractivity contribution in [3.05, 3.63) is 51.5 Å². The van der Waals surface area contributed by atoms with E-state index in [0.717, 1.165) is 0 Å². The molecule has 0 aliphatic rings. The first-order valence-electron chi connectivity index (χ1n) is 5.33. The predicted molar refractivity (Wildman–Crippen MR) is 73.6 cm³/mol. The van der Waals surface area contributed by atoms with Crippen molar-refractivity contribution in [3.8, 4) is 0 Å². The highest BCUT2D eigenvalue weighted by molar-refractivity contribution is 9.10. The van der Waals surface area contributed by atoms with Gasteiger partial charge >= 0.3 is 0 Å². The zero-order valence-corrected chi connectivity index (χ0v) is 11.9. The first kappa shape index (κ1) is 13.1. The summed E-state index contributed by atoms with van der Waals surface area (Å²) < 4.78 is 0.666. The molecule has 0 saturated heterocycles. The van der Waals surface area contributed by atoms with Crippen LogP contribution in [0.1, 0.15) is 29.1 Å². The number of benzene rings is 1. The second-order valence-electron chi connectivity index (χ2n) is 3.79. The van der Waals surface area contributed by atoms with E-state index in [4.69, 9.17) is 11.6 Å². The van der Waals surface area contributed by atoms with Gasteiger partial charge in [-0.15, -0.1) is 0 Å². The molecule has 1 heterocycles. The second kappa shape index (κ2) is 5.54. The summed E-state index contributed by atoms with van der Waals surface area (Å²) in [6.07, 6.45) is 3.37. The molecular formula is C12H11BrClN3O. The van der Waals surface area contributed by atoms with E-state index in [0.29, 0.717) is 20.9 Å². The Hall–Kier alpha value is -1.33. The third kappa shape index (κ3) is 2.91. The Kier molecular flexibility index (Phi) is 4.04. The van der Waals surface area contributed by atoms with Gasteiger partial charge in [0.05, 0.1) is 11.6 Å². The number of carbonyl (C=O) groups excluding carboxylic acids is 1. The molecule has 1 unspecified atom stereocenters. The van der Waals surface area contributed by atoms with Gasteiger partial charge in [-0.3, -0.25) is 4.79 Å². The molecule has 18 heavy (non-hydrogen) atoms. The average molecular weight is 329 g/mol. The van der Waals surface area contributed by atoms with Crippen molar-refractivity contribution < 1.29 is 4.79 Å². The molecule has 6 heteroatoms. The maximum absolute atomic E-state index is 12.1. The second-order valence-corrected chi connectivity index (χ2v) is 5.08. The summed E-state index contributed by atoms with van der Waals surface area (Å²) in [7, 11) is 0. The van der Waals surface area contributed by atoms with Crippen LogP contribution in [-0.4, -0.2) is 15.9 Å². The first-order chi connectivity index (χ1) is 8.58. The average Bonchev–Trinajstić information content (AvgIpc) is 2.81. The molecule has 0 aliphatic heterocycles. The smallest absolute Gasteiger partial charge is 0.253 e. The molecule has 0 saturated carbocycles. The van der Waals surface area contributed by atoms with Gasteiger partial charge in [-0.1, -0.05) is 11.6 Å². The summed E-state index contributed by atoms with van der Waals surface area (Å²) in [5.41, 5.74) is 0.540. The van der Waals surface area contributed by atoms with E-state index >= 15 is 0 Å². The van der Waals surface area contributed by atoms with Gasteiger partial charge < -0.3 is 10.3 Å². The molecule has 1 aromatic carbocycles. The Morgan fingerprint density at radius 2 is 2.33 bits per heavy atom. The Balaban J connectivity index is 2.12. The first-order valence-corrected chi connectivity index (χ1v) is 6.50. The number of rotatable bonds is 3. The van der Waals surface area contributed by atoms with Crippen LogP contribution in [0.2, 0.25) is 5.02 Å². The lowest BCUT2D eigenvalue weighted by molar-refractivity contribution is 0.0937. The molecule has 2 N–H and O–H groups in total. The molecule has 0 spiro atoms. The fourth-order valence-electron chi connectivity index (χ4n) is 1.53. The summed E-state index contributed by atoms with van der Waals surface area (Å²) in [6.45, 7) is 1.86. The van der Waals surface area contributed by atoms with E-state index in [1.165, 1.54) is 0 Å². The number of nitrogens with zero attached hydrogens (tertiary/aromatic N) is 1. The molecule has 1 atom stereocenters. The molecule has 1 amide bonds. The summed E-state index contributed by atoms with van der Waals surface area (Å²) in [5.74, 6) is 0.538. The monoisotopic (exact) mass is 327 g/mol. The van der Waals surface area contributed by atoms with Crippen molar-refractivity contribution in [3.63, 3.8) is 0 Å². The van der Waals surface area contributed by atoms with Crippen LogP contribution in [0.3, 0.4) is 0 Å². The molecule has 2 rings (SSSR count). The summed E-state index contributed by atoms with van der Waals surface area (Å²) in [4.78, 5) is 19.1. The number of nitrogens with one attached hydrogen (secondary N) is 2. The van der Waals surface area contributed by atoms with Crippen LogP contribution >= 0.6 is 27.5 Å². The standard InChI is InChI=1S/C12H11BrClN3O/c1-7(11-15-4-5-16-11)17-12(18)9-3-2-8(14)6-10(9)13/h2-7H,1H3,(H,15,16)(H,17,18). The number of aromatic nitrogens is 2. The number of carbonyl (C=O) groups is 1. The number of hydrogen-bond acceptors (Lipinski definition) is 2. The third-order valence-electron chi connectivity index (χ3n) is 2.45. The zero-order chi connectivity index (χ0) is 13.1. The van der Waals surface area contributed by atoms with Crippen LogP contribution in [0.25, 0.3) is 0 Å². The highest BCUT2D eigenvalue weighted by Gasteiger charge is 2.15. The van der Waals surface area contributed by atoms with Crippen LogP contribution in [0.4, 0.5) is 0 Å². The van der Waals surface area contributed by atoms with Gasteiger partial charge in [-0.2, -0.15) is 0 Å². The van der Waals surface area contributed by atoms with Crippen LogP contribution < -0.4 is 5.32 Å². The van der Waals surface area contributed by atoms with Crippen LogP contribution in [0.5, 0.6) is 0 Å².